The fourth-order valence-corrected chi connectivity index (χ4v) is 0.837. The Balaban J connectivity index is 0. The largest absolute Gasteiger partial charge is 0.359 e. The lowest BCUT2D eigenvalue weighted by molar-refractivity contribution is -0.120. The first-order chi connectivity index (χ1) is 4.81. The van der Waals surface area contributed by atoms with Gasteiger partial charge in [0, 0.05) is 13.5 Å². The van der Waals surface area contributed by atoms with Gasteiger partial charge in [0.25, 0.3) is 0 Å². The van der Waals surface area contributed by atoms with Gasteiger partial charge in [0.2, 0.25) is 5.91 Å². The van der Waals surface area contributed by atoms with Crippen LogP contribution in [0.3, 0.4) is 0 Å². The van der Waals surface area contributed by atoms with Gasteiger partial charge in [0.05, 0.1) is 0 Å². The molecule has 0 aromatic rings. The van der Waals surface area contributed by atoms with E-state index >= 15 is 0 Å². The lowest BCUT2D eigenvalue weighted by atomic mass is 10.1. The fraction of sp³-hybridized carbons (Fsp3) is 0.875. The number of nitrogens with one attached hydrogen (secondary N) is 1. The van der Waals surface area contributed by atoms with Gasteiger partial charge >= 0.3 is 0 Å². The van der Waals surface area contributed by atoms with Gasteiger partial charge in [-0.05, 0) is 6.42 Å². The first-order valence-electron chi connectivity index (χ1n) is 4.01. The highest BCUT2D eigenvalue weighted by Crippen LogP contribution is 2.01. The molecular formula is C8H18ClNO. The Morgan fingerprint density at radius 3 is 2.36 bits per heavy atom. The SMILES string of the molecule is CCCCCCC(=O)NC.Cl. The minimum Gasteiger partial charge on any atom is -0.359 e. The van der Waals surface area contributed by atoms with E-state index in [1.807, 2.05) is 0 Å². The van der Waals surface area contributed by atoms with Crippen LogP contribution in [0.1, 0.15) is 39.0 Å². The van der Waals surface area contributed by atoms with Crippen molar-refractivity contribution in [3.63, 3.8) is 0 Å². The normalized spacial score (nSPS) is 8.55. The van der Waals surface area contributed by atoms with E-state index in [2.05, 4.69) is 12.2 Å². The number of unbranched alkanes of at least 4 members (excludes halogenated alkanes) is 3. The first-order valence-corrected chi connectivity index (χ1v) is 4.01. The van der Waals surface area contributed by atoms with E-state index in [1.165, 1.54) is 19.3 Å². The van der Waals surface area contributed by atoms with Crippen molar-refractivity contribution in [3.05, 3.63) is 0 Å². The zero-order chi connectivity index (χ0) is 7.82. The van der Waals surface area contributed by atoms with Crippen LogP contribution in [0.4, 0.5) is 0 Å². The van der Waals surface area contributed by atoms with Crippen molar-refractivity contribution in [2.24, 2.45) is 0 Å². The summed E-state index contributed by atoms with van der Waals surface area (Å²) in [6, 6.07) is 0. The third-order valence-corrected chi connectivity index (χ3v) is 1.54. The Morgan fingerprint density at radius 2 is 1.91 bits per heavy atom. The molecule has 0 bridgehead atoms. The summed E-state index contributed by atoms with van der Waals surface area (Å²) in [5.74, 6) is 0.163. The quantitative estimate of drug-likeness (QED) is 0.644. The number of halogens is 1. The average molecular weight is 180 g/mol. The van der Waals surface area contributed by atoms with Crippen molar-refractivity contribution in [2.75, 3.05) is 7.05 Å². The summed E-state index contributed by atoms with van der Waals surface area (Å²) in [7, 11) is 1.68. The molecule has 0 aliphatic carbocycles. The highest BCUT2D eigenvalue weighted by Gasteiger charge is 1.95. The molecule has 0 atom stereocenters. The maximum absolute atomic E-state index is 10.7. The number of amides is 1. The van der Waals surface area contributed by atoms with E-state index in [4.69, 9.17) is 0 Å². The molecule has 0 aromatic carbocycles. The topological polar surface area (TPSA) is 29.1 Å². The van der Waals surface area contributed by atoms with Crippen LogP contribution in [0.2, 0.25) is 0 Å². The third-order valence-electron chi connectivity index (χ3n) is 1.54. The van der Waals surface area contributed by atoms with E-state index in [0.717, 1.165) is 6.42 Å². The average Bonchev–Trinajstić information content (AvgIpc) is 1.98. The lowest BCUT2D eigenvalue weighted by Gasteiger charge is -1.97. The van der Waals surface area contributed by atoms with Crippen LogP contribution >= 0.6 is 12.4 Å². The molecule has 0 rings (SSSR count). The smallest absolute Gasteiger partial charge is 0.219 e. The number of rotatable bonds is 5. The molecule has 0 aliphatic heterocycles. The zero-order valence-electron chi connectivity index (χ0n) is 7.35. The van der Waals surface area contributed by atoms with Crippen molar-refractivity contribution < 1.29 is 4.79 Å². The summed E-state index contributed by atoms with van der Waals surface area (Å²) in [6.07, 6.45) is 5.39. The van der Waals surface area contributed by atoms with Crippen LogP contribution in [0.25, 0.3) is 0 Å². The van der Waals surface area contributed by atoms with Gasteiger partial charge in [-0.2, -0.15) is 0 Å². The molecule has 0 spiro atoms. The van der Waals surface area contributed by atoms with E-state index < -0.39 is 0 Å². The number of hydrogen-bond acceptors (Lipinski definition) is 1. The van der Waals surface area contributed by atoms with Crippen molar-refractivity contribution in [1.29, 1.82) is 0 Å². The highest BCUT2D eigenvalue weighted by atomic mass is 35.5. The van der Waals surface area contributed by atoms with Crippen molar-refractivity contribution >= 4 is 18.3 Å². The zero-order valence-corrected chi connectivity index (χ0v) is 8.17. The number of hydrogen-bond donors (Lipinski definition) is 1. The van der Waals surface area contributed by atoms with E-state index in [-0.39, 0.29) is 18.3 Å². The maximum atomic E-state index is 10.7. The molecule has 0 saturated heterocycles. The van der Waals surface area contributed by atoms with Gasteiger partial charge in [-0.25, -0.2) is 0 Å². The number of carbonyl (C=O) groups is 1. The minimum atomic E-state index is 0. The van der Waals surface area contributed by atoms with Crippen LogP contribution in [-0.2, 0) is 4.79 Å². The van der Waals surface area contributed by atoms with Crippen molar-refractivity contribution in [2.45, 2.75) is 39.0 Å². The molecule has 0 aliphatic rings. The molecule has 0 aromatic heterocycles. The van der Waals surface area contributed by atoms with Crippen molar-refractivity contribution in [1.82, 2.24) is 5.32 Å². The minimum absolute atomic E-state index is 0. The molecule has 0 unspecified atom stereocenters. The standard InChI is InChI=1S/C8H17NO.ClH/c1-3-4-5-6-7-8(10)9-2;/h3-7H2,1-2H3,(H,9,10);1H. The van der Waals surface area contributed by atoms with Crippen LogP contribution in [0.15, 0.2) is 0 Å². The second-order valence-electron chi connectivity index (χ2n) is 2.48. The molecule has 0 radical (unpaired) electrons. The molecule has 0 fully saturated rings. The van der Waals surface area contributed by atoms with E-state index in [1.54, 1.807) is 7.05 Å². The molecule has 3 heteroatoms. The summed E-state index contributed by atoms with van der Waals surface area (Å²) < 4.78 is 0. The van der Waals surface area contributed by atoms with Gasteiger partial charge in [-0.3, -0.25) is 4.79 Å². The molecule has 1 amide bonds. The summed E-state index contributed by atoms with van der Waals surface area (Å²) in [4.78, 5) is 10.7. The summed E-state index contributed by atoms with van der Waals surface area (Å²) >= 11 is 0. The second-order valence-corrected chi connectivity index (χ2v) is 2.48. The molecule has 11 heavy (non-hydrogen) atoms. The molecule has 1 N–H and O–H groups in total. The highest BCUT2D eigenvalue weighted by molar-refractivity contribution is 5.85. The van der Waals surface area contributed by atoms with Gasteiger partial charge in [-0.15, -0.1) is 12.4 Å². The first kappa shape index (κ1) is 13.4. The monoisotopic (exact) mass is 179 g/mol. The van der Waals surface area contributed by atoms with Crippen LogP contribution in [0.5, 0.6) is 0 Å². The summed E-state index contributed by atoms with van der Waals surface area (Å²) in [6.45, 7) is 2.17. The van der Waals surface area contributed by atoms with E-state index in [0.29, 0.717) is 6.42 Å². The van der Waals surface area contributed by atoms with E-state index in [9.17, 15) is 4.79 Å². The molecular weight excluding hydrogens is 162 g/mol. The second kappa shape index (κ2) is 9.76. The summed E-state index contributed by atoms with van der Waals surface area (Å²) in [5, 5.41) is 2.60. The van der Waals surface area contributed by atoms with Gasteiger partial charge in [-0.1, -0.05) is 26.2 Å². The van der Waals surface area contributed by atoms with Gasteiger partial charge in [0.1, 0.15) is 0 Å². The summed E-state index contributed by atoms with van der Waals surface area (Å²) in [5.41, 5.74) is 0. The Kier molecular flexibility index (Phi) is 11.9. The Morgan fingerprint density at radius 1 is 1.27 bits per heavy atom. The van der Waals surface area contributed by atoms with Gasteiger partial charge < -0.3 is 5.32 Å². The lowest BCUT2D eigenvalue weighted by Crippen LogP contribution is -2.16. The molecule has 0 saturated carbocycles. The van der Waals surface area contributed by atoms with Gasteiger partial charge in [0.15, 0.2) is 0 Å². The van der Waals surface area contributed by atoms with Crippen LogP contribution < -0.4 is 5.32 Å². The molecule has 2 nitrogen and oxygen atoms in total. The third kappa shape index (κ3) is 9.76. The fourth-order valence-electron chi connectivity index (χ4n) is 0.837. The number of carbonyl (C=O) groups excluding carboxylic acids is 1. The Labute approximate surface area is 75.2 Å². The molecule has 68 valence electrons. The molecule has 0 heterocycles. The Bertz CT molecular complexity index is 96.1. The van der Waals surface area contributed by atoms with Crippen LogP contribution in [-0.4, -0.2) is 13.0 Å². The predicted molar refractivity (Wildman–Crippen MR) is 50.1 cm³/mol. The Hall–Kier alpha value is -0.240. The van der Waals surface area contributed by atoms with Crippen molar-refractivity contribution in [3.8, 4) is 0 Å². The predicted octanol–water partition coefficient (Wildman–Crippen LogP) is 2.12. The van der Waals surface area contributed by atoms with Crippen LogP contribution in [0, 0.1) is 0 Å². The maximum Gasteiger partial charge on any atom is 0.219 e.